The summed E-state index contributed by atoms with van der Waals surface area (Å²) >= 11 is 11.7. The summed E-state index contributed by atoms with van der Waals surface area (Å²) in [5.74, 6) is -1.47. The van der Waals surface area contributed by atoms with E-state index >= 15 is 0 Å². The highest BCUT2D eigenvalue weighted by atomic mass is 35.5. The Morgan fingerprint density at radius 3 is 2.29 bits per heavy atom. The minimum atomic E-state index is -1.06. The number of hydrogen-bond donors (Lipinski definition) is 2. The number of carbonyl (C=O) groups is 3. The van der Waals surface area contributed by atoms with Gasteiger partial charge in [-0.25, -0.2) is 4.79 Å². The van der Waals surface area contributed by atoms with Gasteiger partial charge in [-0.2, -0.15) is 0 Å². The normalized spacial score (nSPS) is 11.7. The molecule has 0 saturated carbocycles. The summed E-state index contributed by atoms with van der Waals surface area (Å²) in [4.78, 5) is 37.9. The van der Waals surface area contributed by atoms with E-state index in [1.165, 1.54) is 44.3 Å². The first kappa shape index (κ1) is 18.0. The largest absolute Gasteiger partial charge is 0.448 e. The number of esters is 1. The van der Waals surface area contributed by atoms with E-state index < -0.39 is 18.0 Å². The number of hydrogen-bond acceptors (Lipinski definition) is 4. The van der Waals surface area contributed by atoms with Gasteiger partial charge in [0.15, 0.2) is 11.9 Å². The first-order valence-electron chi connectivity index (χ1n) is 6.93. The van der Waals surface area contributed by atoms with Gasteiger partial charge in [0, 0.05) is 27.5 Å². The average molecular weight is 369 g/mol. The molecule has 2 aromatic rings. The SMILES string of the molecule is CC(=O)c1c[nH]c(C(=O)O[C@@H](C)C(=O)Nc2cc(Cl)cc(Cl)c2)c1. The van der Waals surface area contributed by atoms with Gasteiger partial charge in [0.2, 0.25) is 0 Å². The molecule has 1 atom stereocenters. The molecule has 0 radical (unpaired) electrons. The van der Waals surface area contributed by atoms with Crippen molar-refractivity contribution in [2.75, 3.05) is 5.32 Å². The Morgan fingerprint density at radius 2 is 1.75 bits per heavy atom. The molecule has 0 aliphatic rings. The van der Waals surface area contributed by atoms with E-state index in [4.69, 9.17) is 27.9 Å². The number of rotatable bonds is 5. The monoisotopic (exact) mass is 368 g/mol. The number of halogens is 2. The van der Waals surface area contributed by atoms with E-state index in [1.54, 1.807) is 0 Å². The minimum absolute atomic E-state index is 0.0886. The fraction of sp³-hybridized carbons (Fsp3) is 0.188. The Balaban J connectivity index is 1.99. The lowest BCUT2D eigenvalue weighted by atomic mass is 10.2. The quantitative estimate of drug-likeness (QED) is 0.621. The van der Waals surface area contributed by atoms with Crippen LogP contribution in [0.3, 0.4) is 0 Å². The number of nitrogens with one attached hydrogen (secondary N) is 2. The molecule has 0 aliphatic heterocycles. The number of Topliss-reactive ketones (excluding diaryl/α,β-unsaturated/α-hetero) is 1. The second-order valence-corrected chi connectivity index (χ2v) is 5.93. The molecule has 6 nitrogen and oxygen atoms in total. The lowest BCUT2D eigenvalue weighted by Crippen LogP contribution is -2.30. The first-order valence-corrected chi connectivity index (χ1v) is 7.69. The summed E-state index contributed by atoms with van der Waals surface area (Å²) in [6.07, 6.45) is 0.344. The van der Waals surface area contributed by atoms with Crippen molar-refractivity contribution >= 4 is 46.5 Å². The predicted molar refractivity (Wildman–Crippen MR) is 90.8 cm³/mol. The summed E-state index contributed by atoms with van der Waals surface area (Å²) in [6, 6.07) is 5.93. The van der Waals surface area contributed by atoms with Crippen molar-refractivity contribution in [3.63, 3.8) is 0 Å². The first-order chi connectivity index (χ1) is 11.3. The Kier molecular flexibility index (Phi) is 5.64. The maximum atomic E-state index is 12.1. The highest BCUT2D eigenvalue weighted by Gasteiger charge is 2.20. The third kappa shape index (κ3) is 4.59. The lowest BCUT2D eigenvalue weighted by Gasteiger charge is -2.13. The van der Waals surface area contributed by atoms with Crippen molar-refractivity contribution in [2.24, 2.45) is 0 Å². The second kappa shape index (κ2) is 7.51. The fourth-order valence-corrected chi connectivity index (χ4v) is 2.39. The zero-order valence-electron chi connectivity index (χ0n) is 12.9. The van der Waals surface area contributed by atoms with Crippen molar-refractivity contribution in [3.05, 3.63) is 51.8 Å². The molecule has 0 bridgehead atoms. The van der Waals surface area contributed by atoms with Gasteiger partial charge in [-0.05, 0) is 38.1 Å². The molecule has 126 valence electrons. The fourth-order valence-electron chi connectivity index (χ4n) is 1.86. The van der Waals surface area contributed by atoms with Crippen LogP contribution < -0.4 is 5.32 Å². The van der Waals surface area contributed by atoms with E-state index in [9.17, 15) is 14.4 Å². The number of ketones is 1. The van der Waals surface area contributed by atoms with E-state index in [1.807, 2.05) is 0 Å². The van der Waals surface area contributed by atoms with Crippen molar-refractivity contribution < 1.29 is 19.1 Å². The van der Waals surface area contributed by atoms with Crippen LogP contribution in [-0.2, 0) is 9.53 Å². The summed E-state index contributed by atoms with van der Waals surface area (Å²) in [5.41, 5.74) is 0.831. The van der Waals surface area contributed by atoms with Gasteiger partial charge in [0.1, 0.15) is 5.69 Å². The number of aromatic nitrogens is 1. The molecule has 0 spiro atoms. The maximum absolute atomic E-state index is 12.1. The van der Waals surface area contributed by atoms with Gasteiger partial charge in [-0.15, -0.1) is 0 Å². The van der Waals surface area contributed by atoms with E-state index in [-0.39, 0.29) is 11.5 Å². The van der Waals surface area contributed by atoms with Crippen LogP contribution >= 0.6 is 23.2 Å². The van der Waals surface area contributed by atoms with Crippen LogP contribution in [0.25, 0.3) is 0 Å². The lowest BCUT2D eigenvalue weighted by molar-refractivity contribution is -0.123. The summed E-state index contributed by atoms with van der Waals surface area (Å²) in [6.45, 7) is 2.80. The molecule has 0 unspecified atom stereocenters. The standard InChI is InChI=1S/C16H14Cl2N2O4/c1-8(21)10-3-14(19-7-10)16(23)24-9(2)15(22)20-13-5-11(17)4-12(18)6-13/h3-7,9,19H,1-2H3,(H,20,22)/t9-/m0/s1. The number of amides is 1. The third-order valence-corrected chi connectivity index (χ3v) is 3.53. The predicted octanol–water partition coefficient (Wildman–Crippen LogP) is 3.71. The number of benzene rings is 1. The van der Waals surface area contributed by atoms with Crippen molar-refractivity contribution in [1.82, 2.24) is 4.98 Å². The second-order valence-electron chi connectivity index (χ2n) is 5.05. The molecule has 1 aromatic carbocycles. The van der Waals surface area contributed by atoms with Crippen LogP contribution in [0, 0.1) is 0 Å². The Bertz CT molecular complexity index is 781. The summed E-state index contributed by atoms with van der Waals surface area (Å²) < 4.78 is 5.06. The van der Waals surface area contributed by atoms with E-state index in [0.717, 1.165) is 0 Å². The van der Waals surface area contributed by atoms with Gasteiger partial charge < -0.3 is 15.0 Å². The highest BCUT2D eigenvalue weighted by Crippen LogP contribution is 2.22. The van der Waals surface area contributed by atoms with Crippen LogP contribution in [0.4, 0.5) is 5.69 Å². The molecule has 8 heteroatoms. The molecule has 1 aromatic heterocycles. The van der Waals surface area contributed by atoms with Crippen LogP contribution in [0.1, 0.15) is 34.7 Å². The summed E-state index contributed by atoms with van der Waals surface area (Å²) in [7, 11) is 0. The molecule has 0 fully saturated rings. The Hall–Kier alpha value is -2.31. The van der Waals surface area contributed by atoms with Crippen molar-refractivity contribution in [2.45, 2.75) is 20.0 Å². The summed E-state index contributed by atoms with van der Waals surface area (Å²) in [5, 5.41) is 3.29. The van der Waals surface area contributed by atoms with Crippen LogP contribution in [0.5, 0.6) is 0 Å². The third-order valence-electron chi connectivity index (χ3n) is 3.09. The van der Waals surface area contributed by atoms with E-state index in [2.05, 4.69) is 10.3 Å². The topological polar surface area (TPSA) is 88.3 Å². The van der Waals surface area contributed by atoms with Gasteiger partial charge in [0.05, 0.1) is 0 Å². The number of anilines is 1. The zero-order chi connectivity index (χ0) is 17.9. The van der Waals surface area contributed by atoms with Gasteiger partial charge in [0.25, 0.3) is 5.91 Å². The molecule has 1 heterocycles. The van der Waals surface area contributed by atoms with Crippen molar-refractivity contribution in [1.29, 1.82) is 0 Å². The van der Waals surface area contributed by atoms with Crippen molar-refractivity contribution in [3.8, 4) is 0 Å². The average Bonchev–Trinajstić information content (AvgIpc) is 2.96. The molecule has 0 saturated heterocycles. The highest BCUT2D eigenvalue weighted by molar-refractivity contribution is 6.35. The van der Waals surface area contributed by atoms with Gasteiger partial charge >= 0.3 is 5.97 Å². The Labute approximate surface area is 148 Å². The molecular formula is C16H14Cl2N2O4. The smallest absolute Gasteiger partial charge is 0.355 e. The molecular weight excluding hydrogens is 355 g/mol. The minimum Gasteiger partial charge on any atom is -0.448 e. The van der Waals surface area contributed by atoms with Gasteiger partial charge in [-0.1, -0.05) is 23.2 Å². The Morgan fingerprint density at radius 1 is 1.12 bits per heavy atom. The van der Waals surface area contributed by atoms with E-state index in [0.29, 0.717) is 21.3 Å². The number of aromatic amines is 1. The van der Waals surface area contributed by atoms with Crippen LogP contribution in [-0.4, -0.2) is 28.7 Å². The molecule has 0 aliphatic carbocycles. The molecule has 2 N–H and O–H groups in total. The molecule has 2 rings (SSSR count). The number of ether oxygens (including phenoxy) is 1. The van der Waals surface area contributed by atoms with Crippen LogP contribution in [0.15, 0.2) is 30.5 Å². The molecule has 24 heavy (non-hydrogen) atoms. The maximum Gasteiger partial charge on any atom is 0.355 e. The van der Waals surface area contributed by atoms with Gasteiger partial charge in [-0.3, -0.25) is 9.59 Å². The van der Waals surface area contributed by atoms with Crippen LogP contribution in [0.2, 0.25) is 10.0 Å². The number of H-pyrrole nitrogens is 1. The zero-order valence-corrected chi connectivity index (χ0v) is 14.4. The number of carbonyl (C=O) groups excluding carboxylic acids is 3. The molecule has 1 amide bonds.